The standard InChI is InChI=1S/C12H15N5O2/c1-17-7-10(15-16-17)6-14-9-3-2-4-11(5-9)19-8-12(13)18/h2-5,7,14H,6,8H2,1H3,(H2,13,18). The minimum absolute atomic E-state index is 0.131. The largest absolute Gasteiger partial charge is 0.484 e. The lowest BCUT2D eigenvalue weighted by atomic mass is 10.3. The van der Waals surface area contributed by atoms with Crippen LogP contribution >= 0.6 is 0 Å². The highest BCUT2D eigenvalue weighted by Crippen LogP contribution is 2.17. The van der Waals surface area contributed by atoms with Gasteiger partial charge in [0.1, 0.15) is 11.4 Å². The van der Waals surface area contributed by atoms with Crippen molar-refractivity contribution in [1.29, 1.82) is 0 Å². The van der Waals surface area contributed by atoms with Crippen molar-refractivity contribution in [2.45, 2.75) is 6.54 Å². The molecule has 0 spiro atoms. The predicted octanol–water partition coefficient (Wildman–Crippen LogP) is 0.291. The zero-order valence-corrected chi connectivity index (χ0v) is 10.5. The maximum absolute atomic E-state index is 10.6. The van der Waals surface area contributed by atoms with Crippen molar-refractivity contribution in [3.63, 3.8) is 0 Å². The van der Waals surface area contributed by atoms with Gasteiger partial charge < -0.3 is 15.8 Å². The van der Waals surface area contributed by atoms with Crippen molar-refractivity contribution >= 4 is 11.6 Å². The molecule has 1 heterocycles. The number of rotatable bonds is 6. The van der Waals surface area contributed by atoms with Gasteiger partial charge >= 0.3 is 0 Å². The zero-order valence-electron chi connectivity index (χ0n) is 10.5. The highest BCUT2D eigenvalue weighted by molar-refractivity contribution is 5.75. The van der Waals surface area contributed by atoms with E-state index in [0.717, 1.165) is 11.4 Å². The molecule has 2 rings (SSSR count). The molecule has 0 bridgehead atoms. The number of benzene rings is 1. The smallest absolute Gasteiger partial charge is 0.255 e. The SMILES string of the molecule is Cn1cc(CNc2cccc(OCC(N)=O)c2)nn1. The van der Waals surface area contributed by atoms with E-state index in [1.54, 1.807) is 16.8 Å². The molecular weight excluding hydrogens is 246 g/mol. The van der Waals surface area contributed by atoms with Crippen LogP contribution in [0, 0.1) is 0 Å². The second-order valence-electron chi connectivity index (χ2n) is 4.02. The summed E-state index contributed by atoms with van der Waals surface area (Å²) in [5.41, 5.74) is 6.73. The summed E-state index contributed by atoms with van der Waals surface area (Å²) in [6.07, 6.45) is 1.83. The van der Waals surface area contributed by atoms with Gasteiger partial charge in [-0.3, -0.25) is 9.48 Å². The average molecular weight is 261 g/mol. The van der Waals surface area contributed by atoms with Gasteiger partial charge in [-0.25, -0.2) is 0 Å². The second-order valence-corrected chi connectivity index (χ2v) is 4.02. The summed E-state index contributed by atoms with van der Waals surface area (Å²) in [4.78, 5) is 10.6. The molecule has 0 radical (unpaired) electrons. The number of nitrogens with one attached hydrogen (secondary N) is 1. The molecule has 100 valence electrons. The van der Waals surface area contributed by atoms with Crippen molar-refractivity contribution in [3.8, 4) is 5.75 Å². The third-order valence-electron chi connectivity index (χ3n) is 2.34. The average Bonchev–Trinajstić information content (AvgIpc) is 2.80. The highest BCUT2D eigenvalue weighted by Gasteiger charge is 2.01. The summed E-state index contributed by atoms with van der Waals surface area (Å²) < 4.78 is 6.86. The number of nitrogens with zero attached hydrogens (tertiary/aromatic N) is 3. The third kappa shape index (κ3) is 3.98. The van der Waals surface area contributed by atoms with Crippen molar-refractivity contribution in [3.05, 3.63) is 36.2 Å². The van der Waals surface area contributed by atoms with Gasteiger partial charge in [0.25, 0.3) is 5.91 Å². The van der Waals surface area contributed by atoms with Crippen LogP contribution in [0.3, 0.4) is 0 Å². The van der Waals surface area contributed by atoms with E-state index in [0.29, 0.717) is 12.3 Å². The fourth-order valence-corrected chi connectivity index (χ4v) is 1.52. The third-order valence-corrected chi connectivity index (χ3v) is 2.34. The van der Waals surface area contributed by atoms with E-state index >= 15 is 0 Å². The maximum Gasteiger partial charge on any atom is 0.255 e. The van der Waals surface area contributed by atoms with Crippen LogP contribution < -0.4 is 15.8 Å². The summed E-state index contributed by atoms with van der Waals surface area (Å²) >= 11 is 0. The van der Waals surface area contributed by atoms with Crippen molar-refractivity contribution in [1.82, 2.24) is 15.0 Å². The topological polar surface area (TPSA) is 95.1 Å². The Kier molecular flexibility index (Phi) is 3.97. The van der Waals surface area contributed by atoms with E-state index in [1.807, 2.05) is 25.4 Å². The molecule has 0 aliphatic rings. The molecule has 0 unspecified atom stereocenters. The molecule has 7 nitrogen and oxygen atoms in total. The fraction of sp³-hybridized carbons (Fsp3) is 0.250. The molecule has 7 heteroatoms. The summed E-state index contributed by atoms with van der Waals surface area (Å²) in [6, 6.07) is 7.28. The first-order valence-corrected chi connectivity index (χ1v) is 5.74. The molecule has 3 N–H and O–H groups in total. The van der Waals surface area contributed by atoms with Crippen LogP contribution in [0.25, 0.3) is 0 Å². The Bertz CT molecular complexity index is 567. The predicted molar refractivity (Wildman–Crippen MR) is 69.5 cm³/mol. The van der Waals surface area contributed by atoms with E-state index in [9.17, 15) is 4.79 Å². The number of hydrogen-bond donors (Lipinski definition) is 2. The number of hydrogen-bond acceptors (Lipinski definition) is 5. The Morgan fingerprint density at radius 2 is 2.37 bits per heavy atom. The molecule has 0 fully saturated rings. The second kappa shape index (κ2) is 5.85. The maximum atomic E-state index is 10.6. The first kappa shape index (κ1) is 12.9. The van der Waals surface area contributed by atoms with E-state index in [2.05, 4.69) is 15.6 Å². The first-order chi connectivity index (χ1) is 9.13. The fourth-order valence-electron chi connectivity index (χ4n) is 1.52. The number of anilines is 1. The number of carbonyl (C=O) groups excluding carboxylic acids is 1. The summed E-state index contributed by atoms with van der Waals surface area (Å²) in [6.45, 7) is 0.431. The summed E-state index contributed by atoms with van der Waals surface area (Å²) in [5, 5.41) is 11.0. The van der Waals surface area contributed by atoms with E-state index in [-0.39, 0.29) is 6.61 Å². The lowest BCUT2D eigenvalue weighted by molar-refractivity contribution is -0.119. The van der Waals surface area contributed by atoms with Crippen LogP contribution in [-0.4, -0.2) is 27.5 Å². The minimum atomic E-state index is -0.502. The Morgan fingerprint density at radius 1 is 1.53 bits per heavy atom. The van der Waals surface area contributed by atoms with E-state index in [4.69, 9.17) is 10.5 Å². The Balaban J connectivity index is 1.93. The van der Waals surface area contributed by atoms with Crippen LogP contribution in [0.2, 0.25) is 0 Å². The van der Waals surface area contributed by atoms with Crippen LogP contribution in [0.4, 0.5) is 5.69 Å². The first-order valence-electron chi connectivity index (χ1n) is 5.74. The number of amides is 1. The summed E-state index contributed by atoms with van der Waals surface area (Å²) in [5.74, 6) is 0.0841. The molecule has 0 atom stereocenters. The number of primary amides is 1. The lowest BCUT2D eigenvalue weighted by Crippen LogP contribution is -2.20. The Morgan fingerprint density at radius 3 is 3.05 bits per heavy atom. The number of aryl methyl sites for hydroxylation is 1. The molecule has 19 heavy (non-hydrogen) atoms. The monoisotopic (exact) mass is 261 g/mol. The van der Waals surface area contributed by atoms with Crippen LogP contribution in [-0.2, 0) is 18.4 Å². The number of carbonyl (C=O) groups is 1. The zero-order chi connectivity index (χ0) is 13.7. The number of aromatic nitrogens is 3. The molecule has 0 saturated carbocycles. The van der Waals surface area contributed by atoms with Gasteiger partial charge in [-0.15, -0.1) is 5.10 Å². The molecule has 1 aromatic heterocycles. The Hall–Kier alpha value is -2.57. The van der Waals surface area contributed by atoms with Crippen LogP contribution in [0.1, 0.15) is 5.69 Å². The van der Waals surface area contributed by atoms with Gasteiger partial charge in [0.15, 0.2) is 6.61 Å². The van der Waals surface area contributed by atoms with Gasteiger partial charge in [-0.1, -0.05) is 11.3 Å². The highest BCUT2D eigenvalue weighted by atomic mass is 16.5. The number of nitrogens with two attached hydrogens (primary N) is 1. The lowest BCUT2D eigenvalue weighted by Gasteiger charge is -2.07. The van der Waals surface area contributed by atoms with Gasteiger partial charge in [0.2, 0.25) is 0 Å². The molecule has 1 aromatic carbocycles. The molecular formula is C12H15N5O2. The molecule has 0 aliphatic carbocycles. The minimum Gasteiger partial charge on any atom is -0.484 e. The van der Waals surface area contributed by atoms with Gasteiger partial charge in [0, 0.05) is 25.0 Å². The summed E-state index contributed by atoms with van der Waals surface area (Å²) in [7, 11) is 1.81. The quantitative estimate of drug-likeness (QED) is 0.779. The van der Waals surface area contributed by atoms with Gasteiger partial charge in [-0.05, 0) is 12.1 Å². The Labute approximate surface area is 110 Å². The normalized spacial score (nSPS) is 10.2. The van der Waals surface area contributed by atoms with E-state index in [1.165, 1.54) is 0 Å². The molecule has 0 aliphatic heterocycles. The molecule has 2 aromatic rings. The molecule has 0 saturated heterocycles. The van der Waals surface area contributed by atoms with Crippen molar-refractivity contribution in [2.75, 3.05) is 11.9 Å². The number of ether oxygens (including phenoxy) is 1. The van der Waals surface area contributed by atoms with Crippen LogP contribution in [0.5, 0.6) is 5.75 Å². The van der Waals surface area contributed by atoms with Crippen LogP contribution in [0.15, 0.2) is 30.5 Å². The van der Waals surface area contributed by atoms with Crippen molar-refractivity contribution in [2.24, 2.45) is 12.8 Å². The van der Waals surface area contributed by atoms with Crippen molar-refractivity contribution < 1.29 is 9.53 Å². The van der Waals surface area contributed by atoms with Gasteiger partial charge in [0.05, 0.1) is 6.54 Å². The molecule has 1 amide bonds. The van der Waals surface area contributed by atoms with E-state index < -0.39 is 5.91 Å². The van der Waals surface area contributed by atoms with Gasteiger partial charge in [-0.2, -0.15) is 0 Å².